The van der Waals surface area contributed by atoms with E-state index in [1.165, 1.54) is 12.1 Å². The Kier molecular flexibility index (Phi) is 4.13. The van der Waals surface area contributed by atoms with E-state index in [0.717, 1.165) is 36.3 Å². The molecule has 2 saturated heterocycles. The van der Waals surface area contributed by atoms with Crippen molar-refractivity contribution in [2.45, 2.75) is 31.3 Å². The average molecular weight is 294 g/mol. The SMILES string of the molecule is O=C(Cc1cccc(F)c1)C1CCOC2(CCSC2)C1. The van der Waals surface area contributed by atoms with Crippen LogP contribution in [0, 0.1) is 11.7 Å². The Morgan fingerprint density at radius 1 is 1.50 bits per heavy atom. The molecular formula is C16H19FO2S. The number of Topliss-reactive ketones (excluding diaryl/α,β-unsaturated/α-hetero) is 1. The van der Waals surface area contributed by atoms with Gasteiger partial charge in [0.25, 0.3) is 0 Å². The maximum absolute atomic E-state index is 13.2. The van der Waals surface area contributed by atoms with Crippen LogP contribution >= 0.6 is 11.8 Å². The molecule has 2 aliphatic rings. The zero-order chi connectivity index (χ0) is 14.0. The minimum atomic E-state index is -0.272. The lowest BCUT2D eigenvalue weighted by molar-refractivity contribution is -0.133. The Labute approximate surface area is 123 Å². The van der Waals surface area contributed by atoms with Crippen LogP contribution in [-0.2, 0) is 16.0 Å². The first kappa shape index (κ1) is 14.1. The van der Waals surface area contributed by atoms with E-state index in [9.17, 15) is 9.18 Å². The first-order chi connectivity index (χ1) is 9.67. The highest BCUT2D eigenvalue weighted by atomic mass is 32.2. The number of hydrogen-bond donors (Lipinski definition) is 0. The van der Waals surface area contributed by atoms with Crippen molar-refractivity contribution in [2.75, 3.05) is 18.1 Å². The number of thioether (sulfide) groups is 1. The Balaban J connectivity index is 1.65. The lowest BCUT2D eigenvalue weighted by Gasteiger charge is -2.37. The van der Waals surface area contributed by atoms with Gasteiger partial charge in [0.05, 0.1) is 5.60 Å². The van der Waals surface area contributed by atoms with Crippen molar-refractivity contribution in [1.82, 2.24) is 0 Å². The standard InChI is InChI=1S/C16H19FO2S/c17-14-3-1-2-12(8-14)9-15(18)13-4-6-19-16(10-13)5-7-20-11-16/h1-3,8,13H,4-7,9-11H2. The van der Waals surface area contributed by atoms with Crippen LogP contribution in [0.5, 0.6) is 0 Å². The van der Waals surface area contributed by atoms with Crippen LogP contribution in [0.15, 0.2) is 24.3 Å². The molecular weight excluding hydrogens is 275 g/mol. The largest absolute Gasteiger partial charge is 0.374 e. The van der Waals surface area contributed by atoms with E-state index in [1.807, 2.05) is 17.8 Å². The van der Waals surface area contributed by atoms with Crippen LogP contribution in [0.4, 0.5) is 4.39 Å². The molecule has 2 nitrogen and oxygen atoms in total. The van der Waals surface area contributed by atoms with Crippen LogP contribution in [0.1, 0.15) is 24.8 Å². The molecule has 1 aromatic carbocycles. The molecule has 0 amide bonds. The zero-order valence-electron chi connectivity index (χ0n) is 11.4. The number of ketones is 1. The Morgan fingerprint density at radius 2 is 2.40 bits per heavy atom. The number of halogens is 1. The highest BCUT2D eigenvalue weighted by Crippen LogP contribution is 2.40. The Bertz CT molecular complexity index is 497. The number of rotatable bonds is 3. The average Bonchev–Trinajstić information content (AvgIpc) is 2.87. The summed E-state index contributed by atoms with van der Waals surface area (Å²) in [6, 6.07) is 6.35. The van der Waals surface area contributed by atoms with Gasteiger partial charge in [0.1, 0.15) is 11.6 Å². The molecule has 0 aliphatic carbocycles. The molecule has 2 unspecified atom stereocenters. The quantitative estimate of drug-likeness (QED) is 0.856. The molecule has 0 saturated carbocycles. The van der Waals surface area contributed by atoms with Gasteiger partial charge in [-0.25, -0.2) is 4.39 Å². The summed E-state index contributed by atoms with van der Waals surface area (Å²) in [5.41, 5.74) is 0.710. The summed E-state index contributed by atoms with van der Waals surface area (Å²) in [5, 5.41) is 0. The van der Waals surface area contributed by atoms with E-state index >= 15 is 0 Å². The normalized spacial score (nSPS) is 29.8. The van der Waals surface area contributed by atoms with Crippen molar-refractivity contribution in [1.29, 1.82) is 0 Å². The summed E-state index contributed by atoms with van der Waals surface area (Å²) in [6.45, 7) is 0.681. The van der Waals surface area contributed by atoms with E-state index in [4.69, 9.17) is 4.74 Å². The van der Waals surface area contributed by atoms with Crippen molar-refractivity contribution in [2.24, 2.45) is 5.92 Å². The van der Waals surface area contributed by atoms with Crippen molar-refractivity contribution < 1.29 is 13.9 Å². The molecule has 0 N–H and O–H groups in total. The minimum absolute atomic E-state index is 0.0643. The Morgan fingerprint density at radius 3 is 3.15 bits per heavy atom. The van der Waals surface area contributed by atoms with Gasteiger partial charge in [0, 0.05) is 24.7 Å². The maximum Gasteiger partial charge on any atom is 0.140 e. The highest BCUT2D eigenvalue weighted by Gasteiger charge is 2.42. The van der Waals surface area contributed by atoms with Gasteiger partial charge in [0.2, 0.25) is 0 Å². The second-order valence-electron chi connectivity index (χ2n) is 5.80. The summed E-state index contributed by atoms with van der Waals surface area (Å²) in [7, 11) is 0. The zero-order valence-corrected chi connectivity index (χ0v) is 12.3. The molecule has 3 rings (SSSR count). The third-order valence-electron chi connectivity index (χ3n) is 4.28. The topological polar surface area (TPSA) is 26.3 Å². The number of carbonyl (C=O) groups is 1. The predicted molar refractivity (Wildman–Crippen MR) is 78.5 cm³/mol. The van der Waals surface area contributed by atoms with Crippen molar-refractivity contribution >= 4 is 17.5 Å². The van der Waals surface area contributed by atoms with Gasteiger partial charge in [-0.1, -0.05) is 12.1 Å². The van der Waals surface area contributed by atoms with Gasteiger partial charge in [0.15, 0.2) is 0 Å². The number of carbonyl (C=O) groups excluding carboxylic acids is 1. The molecule has 2 heterocycles. The van der Waals surface area contributed by atoms with Crippen LogP contribution in [0.2, 0.25) is 0 Å². The van der Waals surface area contributed by atoms with Crippen molar-refractivity contribution in [3.8, 4) is 0 Å². The summed E-state index contributed by atoms with van der Waals surface area (Å²) in [4.78, 5) is 12.4. The molecule has 2 atom stereocenters. The van der Waals surface area contributed by atoms with E-state index in [2.05, 4.69) is 0 Å². The summed E-state index contributed by atoms with van der Waals surface area (Å²) in [5.74, 6) is 2.17. The lowest BCUT2D eigenvalue weighted by Crippen LogP contribution is -2.42. The first-order valence-corrected chi connectivity index (χ1v) is 8.31. The number of hydrogen-bond acceptors (Lipinski definition) is 3. The summed E-state index contributed by atoms with van der Waals surface area (Å²) in [6.07, 6.45) is 3.04. The van der Waals surface area contributed by atoms with Crippen LogP contribution in [0.25, 0.3) is 0 Å². The monoisotopic (exact) mass is 294 g/mol. The Hall–Kier alpha value is -0.870. The van der Waals surface area contributed by atoms with E-state index in [0.29, 0.717) is 13.0 Å². The number of ether oxygens (including phenoxy) is 1. The molecule has 1 spiro atoms. The van der Waals surface area contributed by atoms with Gasteiger partial charge in [-0.05, 0) is 42.7 Å². The predicted octanol–water partition coefficient (Wildman–Crippen LogP) is 3.24. The van der Waals surface area contributed by atoms with Gasteiger partial charge in [-0.15, -0.1) is 0 Å². The minimum Gasteiger partial charge on any atom is -0.374 e. The first-order valence-electron chi connectivity index (χ1n) is 7.16. The van der Waals surface area contributed by atoms with E-state index < -0.39 is 0 Å². The molecule has 20 heavy (non-hydrogen) atoms. The van der Waals surface area contributed by atoms with Crippen LogP contribution < -0.4 is 0 Å². The molecule has 2 aliphatic heterocycles. The van der Waals surface area contributed by atoms with Gasteiger partial charge >= 0.3 is 0 Å². The fourth-order valence-electron chi connectivity index (χ4n) is 3.16. The molecule has 0 bridgehead atoms. The fourth-order valence-corrected chi connectivity index (χ4v) is 4.54. The molecule has 0 radical (unpaired) electrons. The van der Waals surface area contributed by atoms with Crippen molar-refractivity contribution in [3.05, 3.63) is 35.6 Å². The molecule has 0 aromatic heterocycles. The molecule has 4 heteroatoms. The van der Waals surface area contributed by atoms with E-state index in [-0.39, 0.29) is 23.1 Å². The highest BCUT2D eigenvalue weighted by molar-refractivity contribution is 7.99. The second-order valence-corrected chi connectivity index (χ2v) is 6.90. The second kappa shape index (κ2) is 5.86. The maximum atomic E-state index is 13.2. The number of benzene rings is 1. The third kappa shape index (κ3) is 3.07. The van der Waals surface area contributed by atoms with Gasteiger partial charge < -0.3 is 4.74 Å². The van der Waals surface area contributed by atoms with Gasteiger partial charge in [-0.2, -0.15) is 11.8 Å². The van der Waals surface area contributed by atoms with Crippen molar-refractivity contribution in [3.63, 3.8) is 0 Å². The summed E-state index contributed by atoms with van der Waals surface area (Å²) >= 11 is 1.91. The molecule has 108 valence electrons. The summed E-state index contributed by atoms with van der Waals surface area (Å²) < 4.78 is 19.1. The molecule has 2 fully saturated rings. The lowest BCUT2D eigenvalue weighted by atomic mass is 9.81. The van der Waals surface area contributed by atoms with Crippen LogP contribution in [0.3, 0.4) is 0 Å². The smallest absolute Gasteiger partial charge is 0.140 e. The third-order valence-corrected chi connectivity index (χ3v) is 5.51. The van der Waals surface area contributed by atoms with Gasteiger partial charge in [-0.3, -0.25) is 4.79 Å². The fraction of sp³-hybridized carbons (Fsp3) is 0.562. The van der Waals surface area contributed by atoms with Crippen LogP contribution in [-0.4, -0.2) is 29.5 Å². The van der Waals surface area contributed by atoms with E-state index in [1.54, 1.807) is 6.07 Å². The molecule has 1 aromatic rings.